The molecule has 2 rings (SSSR count). The third kappa shape index (κ3) is 1.82. The molecule has 1 aromatic rings. The molecule has 1 aliphatic rings. The zero-order valence-corrected chi connectivity index (χ0v) is 9.68. The van der Waals surface area contributed by atoms with E-state index in [9.17, 15) is 4.79 Å². The lowest BCUT2D eigenvalue weighted by molar-refractivity contribution is 0.0351. The Morgan fingerprint density at radius 1 is 1.62 bits per heavy atom. The Labute approximate surface area is 94.7 Å². The molecule has 5 nitrogen and oxygen atoms in total. The number of nitrogens with zero attached hydrogens (tertiary/aromatic N) is 3. The largest absolute Gasteiger partial charge is 0.396 e. The first kappa shape index (κ1) is 11.1. The molecule has 0 aliphatic carbocycles. The van der Waals surface area contributed by atoms with Crippen LogP contribution in [0.5, 0.6) is 0 Å². The van der Waals surface area contributed by atoms with Gasteiger partial charge >= 0.3 is 0 Å². The summed E-state index contributed by atoms with van der Waals surface area (Å²) in [4.78, 5) is 13.8. The number of aryl methyl sites for hydroxylation is 2. The smallest absolute Gasteiger partial charge is 0.272 e. The molecule has 0 aromatic carbocycles. The van der Waals surface area contributed by atoms with Crippen molar-refractivity contribution in [1.29, 1.82) is 0 Å². The van der Waals surface area contributed by atoms with E-state index in [4.69, 9.17) is 5.11 Å². The average molecular weight is 223 g/mol. The van der Waals surface area contributed by atoms with Gasteiger partial charge in [0, 0.05) is 32.2 Å². The van der Waals surface area contributed by atoms with Gasteiger partial charge in [0.2, 0.25) is 0 Å². The van der Waals surface area contributed by atoms with Crippen LogP contribution in [0.4, 0.5) is 0 Å². The molecule has 0 atom stereocenters. The summed E-state index contributed by atoms with van der Waals surface area (Å²) in [5, 5.41) is 13.2. The minimum Gasteiger partial charge on any atom is -0.396 e. The zero-order chi connectivity index (χ0) is 11.7. The van der Waals surface area contributed by atoms with Crippen molar-refractivity contribution in [2.24, 2.45) is 5.92 Å². The number of hydrogen-bond donors (Lipinski definition) is 1. The van der Waals surface area contributed by atoms with Gasteiger partial charge in [-0.05, 0) is 19.9 Å². The van der Waals surface area contributed by atoms with Gasteiger partial charge in [-0.2, -0.15) is 5.10 Å². The normalized spacial score (nSPS) is 16.3. The Balaban J connectivity index is 2.09. The maximum atomic E-state index is 12.1. The summed E-state index contributed by atoms with van der Waals surface area (Å²) in [5.74, 6) is 0.273. The fraction of sp³-hybridized carbons (Fsp3) is 0.636. The second-order valence-corrected chi connectivity index (χ2v) is 4.25. The van der Waals surface area contributed by atoms with Gasteiger partial charge in [0.1, 0.15) is 5.69 Å². The van der Waals surface area contributed by atoms with Crippen molar-refractivity contribution in [2.75, 3.05) is 19.7 Å². The van der Waals surface area contributed by atoms with Crippen molar-refractivity contribution >= 4 is 5.91 Å². The van der Waals surface area contributed by atoms with E-state index in [1.54, 1.807) is 9.58 Å². The minimum atomic E-state index is 0.0205. The molecule has 0 spiro atoms. The maximum Gasteiger partial charge on any atom is 0.272 e. The van der Waals surface area contributed by atoms with E-state index >= 15 is 0 Å². The molecule has 0 unspecified atom stereocenters. The first-order chi connectivity index (χ1) is 7.65. The fourth-order valence-electron chi connectivity index (χ4n) is 1.97. The van der Waals surface area contributed by atoms with E-state index in [2.05, 4.69) is 5.10 Å². The third-order valence-corrected chi connectivity index (χ3v) is 2.92. The van der Waals surface area contributed by atoms with Crippen LogP contribution in [-0.4, -0.2) is 45.4 Å². The summed E-state index contributed by atoms with van der Waals surface area (Å²) in [6.07, 6.45) is 0. The minimum absolute atomic E-state index is 0.0205. The van der Waals surface area contributed by atoms with E-state index in [1.807, 2.05) is 19.9 Å². The van der Waals surface area contributed by atoms with Crippen molar-refractivity contribution in [3.05, 3.63) is 17.5 Å². The summed E-state index contributed by atoms with van der Waals surface area (Å²) < 4.78 is 1.73. The van der Waals surface area contributed by atoms with Crippen molar-refractivity contribution < 1.29 is 9.90 Å². The van der Waals surface area contributed by atoms with E-state index in [1.165, 1.54) is 0 Å². The highest BCUT2D eigenvalue weighted by atomic mass is 16.3. The molecule has 1 saturated heterocycles. The summed E-state index contributed by atoms with van der Waals surface area (Å²) in [7, 11) is 0. The summed E-state index contributed by atoms with van der Waals surface area (Å²) in [6.45, 7) is 6.03. The lowest BCUT2D eigenvalue weighted by atomic mass is 10.0. The first-order valence-electron chi connectivity index (χ1n) is 5.60. The van der Waals surface area contributed by atoms with Gasteiger partial charge in [-0.25, -0.2) is 0 Å². The van der Waals surface area contributed by atoms with Gasteiger partial charge in [0.05, 0.1) is 5.69 Å². The van der Waals surface area contributed by atoms with Crippen LogP contribution in [0.1, 0.15) is 23.1 Å². The van der Waals surface area contributed by atoms with Gasteiger partial charge in [-0.3, -0.25) is 9.48 Å². The molecule has 0 radical (unpaired) electrons. The van der Waals surface area contributed by atoms with Crippen LogP contribution in [0.2, 0.25) is 0 Å². The highest BCUT2D eigenvalue weighted by Crippen LogP contribution is 2.18. The number of carbonyl (C=O) groups excluding carboxylic acids is 1. The van der Waals surface area contributed by atoms with Crippen LogP contribution in [-0.2, 0) is 6.54 Å². The molecule has 1 N–H and O–H groups in total. The molecule has 1 aliphatic heterocycles. The maximum absolute atomic E-state index is 12.1. The van der Waals surface area contributed by atoms with E-state index in [-0.39, 0.29) is 18.4 Å². The summed E-state index contributed by atoms with van der Waals surface area (Å²) in [6, 6.07) is 1.82. The first-order valence-corrected chi connectivity index (χ1v) is 5.60. The van der Waals surface area contributed by atoms with Gasteiger partial charge in [0.15, 0.2) is 0 Å². The SMILES string of the molecule is CCn1nc(C)cc1C(=O)N1CC(CO)C1. The highest BCUT2D eigenvalue weighted by molar-refractivity contribution is 5.93. The van der Waals surface area contributed by atoms with Crippen LogP contribution >= 0.6 is 0 Å². The Morgan fingerprint density at radius 3 is 2.88 bits per heavy atom. The number of carbonyl (C=O) groups is 1. The molecule has 5 heteroatoms. The molecular formula is C11H17N3O2. The third-order valence-electron chi connectivity index (χ3n) is 2.92. The zero-order valence-electron chi connectivity index (χ0n) is 9.68. The molecular weight excluding hydrogens is 206 g/mol. The Hall–Kier alpha value is -1.36. The van der Waals surface area contributed by atoms with Gasteiger partial charge in [-0.1, -0.05) is 0 Å². The van der Waals surface area contributed by atoms with Gasteiger partial charge < -0.3 is 10.0 Å². The number of likely N-dealkylation sites (tertiary alicyclic amines) is 1. The number of rotatable bonds is 3. The Bertz CT molecular complexity index is 394. The highest BCUT2D eigenvalue weighted by Gasteiger charge is 2.32. The second-order valence-electron chi connectivity index (χ2n) is 4.25. The summed E-state index contributed by atoms with van der Waals surface area (Å²) >= 11 is 0. The van der Waals surface area contributed by atoms with Crippen LogP contribution in [0, 0.1) is 12.8 Å². The van der Waals surface area contributed by atoms with Crippen molar-refractivity contribution in [3.8, 4) is 0 Å². The van der Waals surface area contributed by atoms with E-state index in [0.29, 0.717) is 25.3 Å². The predicted molar refractivity (Wildman–Crippen MR) is 59.1 cm³/mol. The quantitative estimate of drug-likeness (QED) is 0.800. The topological polar surface area (TPSA) is 58.4 Å². The fourth-order valence-corrected chi connectivity index (χ4v) is 1.97. The molecule has 1 aromatic heterocycles. The molecule has 1 fully saturated rings. The molecule has 0 saturated carbocycles. The van der Waals surface area contributed by atoms with E-state index < -0.39 is 0 Å². The number of aliphatic hydroxyl groups is 1. The number of hydrogen-bond acceptors (Lipinski definition) is 3. The average Bonchev–Trinajstić information content (AvgIpc) is 2.57. The molecule has 16 heavy (non-hydrogen) atoms. The van der Waals surface area contributed by atoms with Crippen LogP contribution in [0.3, 0.4) is 0 Å². The van der Waals surface area contributed by atoms with Crippen molar-refractivity contribution in [1.82, 2.24) is 14.7 Å². The van der Waals surface area contributed by atoms with Crippen LogP contribution in [0.15, 0.2) is 6.07 Å². The number of aliphatic hydroxyl groups excluding tert-OH is 1. The van der Waals surface area contributed by atoms with Crippen molar-refractivity contribution in [2.45, 2.75) is 20.4 Å². The van der Waals surface area contributed by atoms with E-state index in [0.717, 1.165) is 5.69 Å². The number of aromatic nitrogens is 2. The van der Waals surface area contributed by atoms with Gasteiger partial charge in [0.25, 0.3) is 5.91 Å². The summed E-state index contributed by atoms with van der Waals surface area (Å²) in [5.41, 5.74) is 1.51. The predicted octanol–water partition coefficient (Wildman–Crippen LogP) is 0.276. The molecule has 0 bridgehead atoms. The molecule has 2 heterocycles. The lowest BCUT2D eigenvalue weighted by Gasteiger charge is -2.38. The lowest BCUT2D eigenvalue weighted by Crippen LogP contribution is -2.51. The van der Waals surface area contributed by atoms with Crippen molar-refractivity contribution in [3.63, 3.8) is 0 Å². The number of amides is 1. The monoisotopic (exact) mass is 223 g/mol. The van der Waals surface area contributed by atoms with Crippen LogP contribution in [0.25, 0.3) is 0 Å². The van der Waals surface area contributed by atoms with Crippen LogP contribution < -0.4 is 0 Å². The molecule has 1 amide bonds. The second kappa shape index (κ2) is 4.25. The Morgan fingerprint density at radius 2 is 2.31 bits per heavy atom. The Kier molecular flexibility index (Phi) is 2.96. The standard InChI is InChI=1S/C11H17N3O2/c1-3-14-10(4-8(2)12-14)11(16)13-5-9(6-13)7-15/h4,9,15H,3,5-7H2,1-2H3. The molecule has 88 valence electrons. The van der Waals surface area contributed by atoms with Gasteiger partial charge in [-0.15, -0.1) is 0 Å².